The second-order valence-electron chi connectivity index (χ2n) is 7.50. The van der Waals surface area contributed by atoms with Gasteiger partial charge in [0, 0.05) is 42.0 Å². The van der Waals surface area contributed by atoms with E-state index in [0.29, 0.717) is 0 Å². The number of H-pyrrole nitrogens is 1. The number of aromatic nitrogens is 2. The summed E-state index contributed by atoms with van der Waals surface area (Å²) in [4.78, 5) is 2.34. The molecular formula is C23H25N5O. The quantitative estimate of drug-likeness (QED) is 0.636. The number of nitrogens with one attached hydrogen (secondary N) is 3. The van der Waals surface area contributed by atoms with Crippen molar-refractivity contribution >= 4 is 27.9 Å². The topological polar surface area (TPSA) is 65.2 Å². The second kappa shape index (κ2) is 7.64. The van der Waals surface area contributed by atoms with Crippen molar-refractivity contribution in [2.45, 2.75) is 6.92 Å². The third-order valence-electron chi connectivity index (χ3n) is 5.39. The predicted molar refractivity (Wildman–Crippen MR) is 117 cm³/mol. The number of allylic oxidation sites excluding steroid dienone is 2. The van der Waals surface area contributed by atoms with Gasteiger partial charge in [-0.05, 0) is 48.9 Å². The molecule has 0 atom stereocenters. The molecule has 3 aromatic rings. The highest BCUT2D eigenvalue weighted by molar-refractivity contribution is 5.95. The number of benzene rings is 2. The Morgan fingerprint density at radius 2 is 1.93 bits per heavy atom. The Balaban J connectivity index is 1.45. The van der Waals surface area contributed by atoms with Gasteiger partial charge in [0.2, 0.25) is 0 Å². The van der Waals surface area contributed by atoms with E-state index in [9.17, 15) is 0 Å². The summed E-state index contributed by atoms with van der Waals surface area (Å²) in [5, 5.41) is 15.9. The van der Waals surface area contributed by atoms with Crippen LogP contribution in [0.3, 0.4) is 0 Å². The van der Waals surface area contributed by atoms with Gasteiger partial charge in [-0.25, -0.2) is 0 Å². The number of rotatable bonds is 4. The summed E-state index contributed by atoms with van der Waals surface area (Å²) in [5.41, 5.74) is 6.54. The summed E-state index contributed by atoms with van der Waals surface area (Å²) < 4.78 is 5.48. The lowest BCUT2D eigenvalue weighted by Crippen LogP contribution is -2.41. The number of anilines is 2. The SMILES string of the molecule is Cc1cccc(Nc2ccc3[nH]nc(C4=CCNC(N5CCOCC5)=C4)c3c2)c1. The maximum Gasteiger partial charge on any atom is 0.102 e. The monoisotopic (exact) mass is 387 g/mol. The average Bonchev–Trinajstić information content (AvgIpc) is 3.18. The van der Waals surface area contributed by atoms with Crippen LogP contribution in [-0.4, -0.2) is 47.9 Å². The van der Waals surface area contributed by atoms with Crippen molar-refractivity contribution in [1.82, 2.24) is 20.4 Å². The molecule has 5 rings (SSSR count). The van der Waals surface area contributed by atoms with Gasteiger partial charge in [0.1, 0.15) is 5.82 Å². The highest BCUT2D eigenvalue weighted by atomic mass is 16.5. The van der Waals surface area contributed by atoms with E-state index in [2.05, 4.69) is 87.3 Å². The molecule has 0 unspecified atom stereocenters. The van der Waals surface area contributed by atoms with Crippen molar-refractivity contribution < 1.29 is 4.74 Å². The maximum atomic E-state index is 5.48. The van der Waals surface area contributed by atoms with Gasteiger partial charge in [-0.1, -0.05) is 18.2 Å². The van der Waals surface area contributed by atoms with Gasteiger partial charge in [0.05, 0.1) is 24.4 Å². The second-order valence-corrected chi connectivity index (χ2v) is 7.50. The molecule has 0 bridgehead atoms. The van der Waals surface area contributed by atoms with Crippen molar-refractivity contribution in [3.63, 3.8) is 0 Å². The third-order valence-corrected chi connectivity index (χ3v) is 5.39. The first-order valence-corrected chi connectivity index (χ1v) is 10.1. The summed E-state index contributed by atoms with van der Waals surface area (Å²) in [6.07, 6.45) is 4.39. The molecule has 2 aliphatic heterocycles. The van der Waals surface area contributed by atoms with Crippen molar-refractivity contribution in [1.29, 1.82) is 0 Å². The number of fused-ring (bicyclic) bond motifs is 1. The van der Waals surface area contributed by atoms with Crippen molar-refractivity contribution in [2.75, 3.05) is 38.2 Å². The molecule has 6 nitrogen and oxygen atoms in total. The summed E-state index contributed by atoms with van der Waals surface area (Å²) in [6, 6.07) is 14.7. The van der Waals surface area contributed by atoms with E-state index in [0.717, 1.165) is 72.2 Å². The fraction of sp³-hybridized carbons (Fsp3) is 0.261. The van der Waals surface area contributed by atoms with Gasteiger partial charge in [-0.2, -0.15) is 5.10 Å². The van der Waals surface area contributed by atoms with Gasteiger partial charge in [-0.3, -0.25) is 5.10 Å². The fourth-order valence-electron chi connectivity index (χ4n) is 3.90. The zero-order valence-electron chi connectivity index (χ0n) is 16.5. The standard InChI is InChI=1S/C23H25N5O/c1-16-3-2-4-18(13-16)25-19-5-6-21-20(15-19)23(27-26-21)17-7-8-24-22(14-17)28-9-11-29-12-10-28/h2-7,13-15,24-25H,8-12H2,1H3,(H,26,27). The molecule has 1 fully saturated rings. The minimum Gasteiger partial charge on any atom is -0.378 e. The number of hydrogen-bond donors (Lipinski definition) is 3. The van der Waals surface area contributed by atoms with E-state index < -0.39 is 0 Å². The van der Waals surface area contributed by atoms with E-state index in [1.54, 1.807) is 0 Å². The minimum absolute atomic E-state index is 0.775. The van der Waals surface area contributed by atoms with Gasteiger partial charge < -0.3 is 20.3 Å². The molecule has 3 N–H and O–H groups in total. The molecule has 3 heterocycles. The first-order valence-electron chi connectivity index (χ1n) is 10.1. The van der Waals surface area contributed by atoms with E-state index >= 15 is 0 Å². The number of ether oxygens (including phenoxy) is 1. The molecule has 0 spiro atoms. The molecule has 6 heteroatoms. The zero-order chi connectivity index (χ0) is 19.6. The Hall–Kier alpha value is -3.25. The largest absolute Gasteiger partial charge is 0.378 e. The summed E-state index contributed by atoms with van der Waals surface area (Å²) >= 11 is 0. The van der Waals surface area contributed by atoms with Crippen LogP contribution in [0.15, 0.2) is 60.4 Å². The Bertz CT molecular complexity index is 1090. The molecule has 1 aromatic heterocycles. The summed E-state index contributed by atoms with van der Waals surface area (Å²) in [7, 11) is 0. The molecule has 148 valence electrons. The molecule has 0 radical (unpaired) electrons. The van der Waals surface area contributed by atoms with E-state index in [1.807, 2.05) is 0 Å². The van der Waals surface area contributed by atoms with E-state index in [-0.39, 0.29) is 0 Å². The van der Waals surface area contributed by atoms with Crippen LogP contribution in [0.25, 0.3) is 16.5 Å². The lowest BCUT2D eigenvalue weighted by atomic mass is 10.0. The Kier molecular flexibility index (Phi) is 4.69. The number of aryl methyl sites for hydroxylation is 1. The molecule has 0 amide bonds. The number of aromatic amines is 1. The van der Waals surface area contributed by atoms with Gasteiger partial charge >= 0.3 is 0 Å². The number of morpholine rings is 1. The van der Waals surface area contributed by atoms with Gasteiger partial charge in [0.25, 0.3) is 0 Å². The van der Waals surface area contributed by atoms with Crippen LogP contribution in [0.4, 0.5) is 11.4 Å². The van der Waals surface area contributed by atoms with Crippen LogP contribution in [0, 0.1) is 6.92 Å². The predicted octanol–water partition coefficient (Wildman–Crippen LogP) is 3.78. The highest BCUT2D eigenvalue weighted by Gasteiger charge is 2.18. The molecular weight excluding hydrogens is 362 g/mol. The van der Waals surface area contributed by atoms with Crippen LogP contribution in [0.5, 0.6) is 0 Å². The van der Waals surface area contributed by atoms with Crippen LogP contribution in [0.1, 0.15) is 11.3 Å². The number of nitrogens with zero attached hydrogens (tertiary/aromatic N) is 2. The molecule has 2 aliphatic rings. The van der Waals surface area contributed by atoms with Gasteiger partial charge in [-0.15, -0.1) is 0 Å². The van der Waals surface area contributed by atoms with Gasteiger partial charge in [0.15, 0.2) is 0 Å². The number of dihydropyridines is 1. The molecule has 2 aromatic carbocycles. The highest BCUT2D eigenvalue weighted by Crippen LogP contribution is 2.29. The minimum atomic E-state index is 0.775. The molecule has 1 saturated heterocycles. The lowest BCUT2D eigenvalue weighted by Gasteiger charge is -2.32. The summed E-state index contributed by atoms with van der Waals surface area (Å²) in [5.74, 6) is 1.15. The Labute approximate surface area is 170 Å². The smallest absolute Gasteiger partial charge is 0.102 e. The fourth-order valence-corrected chi connectivity index (χ4v) is 3.90. The van der Waals surface area contributed by atoms with Crippen molar-refractivity contribution in [2.24, 2.45) is 0 Å². The first kappa shape index (κ1) is 17.8. The van der Waals surface area contributed by atoms with E-state index in [1.165, 1.54) is 5.56 Å². The third kappa shape index (κ3) is 3.71. The van der Waals surface area contributed by atoms with Crippen molar-refractivity contribution in [3.05, 3.63) is 71.7 Å². The first-order chi connectivity index (χ1) is 14.3. The van der Waals surface area contributed by atoms with Crippen molar-refractivity contribution in [3.8, 4) is 0 Å². The normalized spacial score (nSPS) is 16.9. The van der Waals surface area contributed by atoms with Crippen LogP contribution in [0.2, 0.25) is 0 Å². The average molecular weight is 387 g/mol. The Morgan fingerprint density at radius 3 is 2.79 bits per heavy atom. The zero-order valence-corrected chi connectivity index (χ0v) is 16.5. The number of hydrogen-bond acceptors (Lipinski definition) is 5. The molecule has 0 aliphatic carbocycles. The maximum absolute atomic E-state index is 5.48. The van der Waals surface area contributed by atoms with E-state index in [4.69, 9.17) is 4.74 Å². The molecule has 0 saturated carbocycles. The van der Waals surface area contributed by atoms with Crippen LogP contribution in [-0.2, 0) is 4.74 Å². The summed E-state index contributed by atoms with van der Waals surface area (Å²) in [6.45, 7) is 6.28. The lowest BCUT2D eigenvalue weighted by molar-refractivity contribution is 0.0505. The van der Waals surface area contributed by atoms with Crippen LogP contribution >= 0.6 is 0 Å². The molecule has 29 heavy (non-hydrogen) atoms. The van der Waals surface area contributed by atoms with Crippen LogP contribution < -0.4 is 10.6 Å². The Morgan fingerprint density at radius 1 is 1.07 bits per heavy atom.